The molecule has 0 aliphatic carbocycles. The van der Waals surface area contributed by atoms with Gasteiger partial charge < -0.3 is 29.7 Å². The van der Waals surface area contributed by atoms with Crippen LogP contribution in [0.15, 0.2) is 20.5 Å². The molecule has 43 heavy (non-hydrogen) atoms. The number of rotatable bonds is 3. The number of hydrogen-bond acceptors (Lipinski definition) is 10. The van der Waals surface area contributed by atoms with Crippen LogP contribution in [0.2, 0.25) is 0 Å². The zero-order valence-electron chi connectivity index (χ0n) is 25.1. The normalized spacial score (nSPS) is 23.6. The molecule has 14 heteroatoms. The lowest BCUT2D eigenvalue weighted by Gasteiger charge is -2.30. The van der Waals surface area contributed by atoms with Gasteiger partial charge in [-0.2, -0.15) is 0 Å². The van der Waals surface area contributed by atoms with Gasteiger partial charge in [0.25, 0.3) is 11.8 Å². The second kappa shape index (κ2) is 12.3. The highest BCUT2D eigenvalue weighted by atomic mass is 32.1. The summed E-state index contributed by atoms with van der Waals surface area (Å²) in [4.78, 5) is 68.7. The van der Waals surface area contributed by atoms with Gasteiger partial charge >= 0.3 is 0 Å². The van der Waals surface area contributed by atoms with Crippen LogP contribution in [0.25, 0.3) is 11.6 Å². The Balaban J connectivity index is 1.53. The van der Waals surface area contributed by atoms with Crippen molar-refractivity contribution in [1.29, 1.82) is 0 Å². The maximum atomic E-state index is 13.8. The number of nitrogens with zero attached hydrogens (tertiary/aromatic N) is 4. The third kappa shape index (κ3) is 6.33. The zero-order chi connectivity index (χ0) is 31.0. The lowest BCUT2D eigenvalue weighted by molar-refractivity contribution is -0.140. The number of aryl methyl sites for hydroxylation is 1. The van der Waals surface area contributed by atoms with Crippen molar-refractivity contribution in [2.75, 3.05) is 6.54 Å². The first-order valence-electron chi connectivity index (χ1n) is 14.5. The molecule has 5 rings (SSSR count). The molecule has 0 spiro atoms. The van der Waals surface area contributed by atoms with Crippen LogP contribution in [0, 0.1) is 18.8 Å². The third-order valence-corrected chi connectivity index (χ3v) is 8.53. The molecule has 3 aromatic rings. The van der Waals surface area contributed by atoms with E-state index in [9.17, 15) is 19.2 Å². The standard InChI is InChI=1S/C29H37N7O6S/c1-13(2)10-17-29(40)36-9-7-8-20(36)24(38)34-21(14(3)4)28-33-19(12-43-28)27-35-22(16(6)42-27)25(39)30-15(5)26-32-18(11-41-26)23(37)31-17/h11-15,17,20-21H,7-10H2,1-6H3,(H,30,39)(H,31,37)(H,34,38). The average molecular weight is 612 g/mol. The van der Waals surface area contributed by atoms with E-state index in [1.165, 1.54) is 17.6 Å². The summed E-state index contributed by atoms with van der Waals surface area (Å²) in [5.41, 5.74) is 0.493. The van der Waals surface area contributed by atoms with Crippen molar-refractivity contribution >= 4 is 35.0 Å². The summed E-state index contributed by atoms with van der Waals surface area (Å²) in [6.07, 6.45) is 2.75. The Bertz CT molecular complexity index is 1520. The van der Waals surface area contributed by atoms with Gasteiger partial charge in [0.15, 0.2) is 11.4 Å². The van der Waals surface area contributed by atoms with E-state index in [4.69, 9.17) is 13.8 Å². The SMILES string of the molecule is Cc1oc2nc1C(=O)NC(C)c1nc(co1)C(=O)NC(CC(C)C)C(=O)N1CCCC1C(=O)NC(C(C)C)c1nc-2cs1. The van der Waals surface area contributed by atoms with Crippen molar-refractivity contribution in [2.24, 2.45) is 11.8 Å². The zero-order valence-corrected chi connectivity index (χ0v) is 25.9. The average Bonchev–Trinajstić information content (AvgIpc) is 3.75. The maximum Gasteiger partial charge on any atom is 0.274 e. The molecular weight excluding hydrogens is 574 g/mol. The Morgan fingerprint density at radius 2 is 1.79 bits per heavy atom. The summed E-state index contributed by atoms with van der Waals surface area (Å²) < 4.78 is 11.3. The molecule has 1 saturated heterocycles. The van der Waals surface area contributed by atoms with E-state index < -0.39 is 36.0 Å². The molecule has 0 saturated carbocycles. The molecule has 4 amide bonds. The van der Waals surface area contributed by atoms with Gasteiger partial charge in [0.1, 0.15) is 40.9 Å². The predicted molar refractivity (Wildman–Crippen MR) is 156 cm³/mol. The van der Waals surface area contributed by atoms with Crippen LogP contribution in [-0.4, -0.2) is 62.1 Å². The van der Waals surface area contributed by atoms with E-state index >= 15 is 0 Å². The highest BCUT2D eigenvalue weighted by Gasteiger charge is 2.39. The molecule has 3 N–H and O–H groups in total. The first-order valence-corrected chi connectivity index (χ1v) is 15.4. The number of hydrogen-bond donors (Lipinski definition) is 3. The Morgan fingerprint density at radius 3 is 2.51 bits per heavy atom. The van der Waals surface area contributed by atoms with Crippen molar-refractivity contribution in [3.63, 3.8) is 0 Å². The predicted octanol–water partition coefficient (Wildman–Crippen LogP) is 3.55. The molecule has 1 fully saturated rings. The van der Waals surface area contributed by atoms with Crippen molar-refractivity contribution in [2.45, 2.75) is 85.0 Å². The van der Waals surface area contributed by atoms with Crippen LogP contribution in [0.1, 0.15) is 104 Å². The van der Waals surface area contributed by atoms with E-state index in [1.54, 1.807) is 24.1 Å². The Kier molecular flexibility index (Phi) is 8.67. The molecule has 230 valence electrons. The molecule has 4 unspecified atom stereocenters. The molecule has 2 aliphatic heterocycles. The number of carbonyl (C=O) groups excluding carboxylic acids is 4. The van der Waals surface area contributed by atoms with Crippen LogP contribution >= 0.6 is 11.3 Å². The van der Waals surface area contributed by atoms with Crippen molar-refractivity contribution in [3.05, 3.63) is 39.7 Å². The van der Waals surface area contributed by atoms with Crippen LogP contribution in [-0.2, 0) is 9.59 Å². The molecular formula is C29H37N7O6S. The van der Waals surface area contributed by atoms with E-state index in [0.29, 0.717) is 42.3 Å². The van der Waals surface area contributed by atoms with Crippen LogP contribution in [0.5, 0.6) is 0 Å². The second-order valence-corrected chi connectivity index (χ2v) is 12.7. The molecule has 3 aromatic heterocycles. The molecule has 6 bridgehead atoms. The van der Waals surface area contributed by atoms with E-state index in [-0.39, 0.29) is 46.8 Å². The number of fused-ring (bicyclic) bond motifs is 8. The first-order chi connectivity index (χ1) is 20.4. The summed E-state index contributed by atoms with van der Waals surface area (Å²) in [5.74, 6) is -1.02. The first kappa shape index (κ1) is 30.4. The second-order valence-electron chi connectivity index (χ2n) is 11.8. The Labute approximate surface area is 253 Å². The topological polar surface area (TPSA) is 173 Å². The summed E-state index contributed by atoms with van der Waals surface area (Å²) in [6.45, 7) is 11.6. The van der Waals surface area contributed by atoms with Gasteiger partial charge in [-0.3, -0.25) is 19.2 Å². The monoisotopic (exact) mass is 611 g/mol. The van der Waals surface area contributed by atoms with E-state index in [1.807, 2.05) is 27.7 Å². The summed E-state index contributed by atoms with van der Waals surface area (Å²) in [5, 5.41) is 11.1. The number of thiazole rings is 1. The quantitative estimate of drug-likeness (QED) is 0.400. The highest BCUT2D eigenvalue weighted by Crippen LogP contribution is 2.31. The maximum absolute atomic E-state index is 13.8. The van der Waals surface area contributed by atoms with E-state index in [0.717, 1.165) is 0 Å². The van der Waals surface area contributed by atoms with Crippen molar-refractivity contribution in [1.82, 2.24) is 35.8 Å². The smallest absolute Gasteiger partial charge is 0.274 e. The molecule has 0 aromatic carbocycles. The number of amides is 4. The van der Waals surface area contributed by atoms with Gasteiger partial charge in [-0.05, 0) is 44.9 Å². The summed E-state index contributed by atoms with van der Waals surface area (Å²) in [6, 6.07) is -2.66. The molecule has 5 heterocycles. The Hall–Kier alpha value is -4.07. The minimum atomic E-state index is -0.862. The van der Waals surface area contributed by atoms with Crippen LogP contribution in [0.4, 0.5) is 0 Å². The summed E-state index contributed by atoms with van der Waals surface area (Å²) in [7, 11) is 0. The molecule has 13 nitrogen and oxygen atoms in total. The van der Waals surface area contributed by atoms with Crippen molar-refractivity contribution < 1.29 is 28.0 Å². The largest absolute Gasteiger partial charge is 0.446 e. The van der Waals surface area contributed by atoms with Gasteiger partial charge in [0.2, 0.25) is 23.6 Å². The lowest BCUT2D eigenvalue weighted by atomic mass is 10.0. The number of oxazole rings is 2. The van der Waals surface area contributed by atoms with Crippen molar-refractivity contribution in [3.8, 4) is 11.6 Å². The molecule has 0 radical (unpaired) electrons. The van der Waals surface area contributed by atoms with Gasteiger partial charge in [-0.15, -0.1) is 11.3 Å². The lowest BCUT2D eigenvalue weighted by Crippen LogP contribution is -2.54. The molecule has 2 aliphatic rings. The van der Waals surface area contributed by atoms with Gasteiger partial charge in [0.05, 0.1) is 6.04 Å². The van der Waals surface area contributed by atoms with Crippen LogP contribution < -0.4 is 16.0 Å². The van der Waals surface area contributed by atoms with Gasteiger partial charge in [-0.25, -0.2) is 15.0 Å². The fourth-order valence-electron chi connectivity index (χ4n) is 5.35. The summed E-state index contributed by atoms with van der Waals surface area (Å²) >= 11 is 1.35. The minimum Gasteiger partial charge on any atom is -0.446 e. The van der Waals surface area contributed by atoms with Gasteiger partial charge in [-0.1, -0.05) is 27.7 Å². The fourth-order valence-corrected chi connectivity index (χ4v) is 6.37. The van der Waals surface area contributed by atoms with Crippen LogP contribution in [0.3, 0.4) is 0 Å². The number of carbonyl (C=O) groups is 4. The minimum absolute atomic E-state index is 0.00983. The number of aromatic nitrogens is 3. The van der Waals surface area contributed by atoms with E-state index in [2.05, 4.69) is 25.9 Å². The van der Waals surface area contributed by atoms with Gasteiger partial charge in [0, 0.05) is 11.9 Å². The third-order valence-electron chi connectivity index (χ3n) is 7.60. The Morgan fingerprint density at radius 1 is 1.02 bits per heavy atom. The number of nitrogens with one attached hydrogen (secondary N) is 3. The fraction of sp³-hybridized carbons (Fsp3) is 0.552. The molecule has 4 atom stereocenters. The highest BCUT2D eigenvalue weighted by molar-refractivity contribution is 7.10.